The Morgan fingerprint density at radius 2 is 2.24 bits per heavy atom. The van der Waals surface area contributed by atoms with Gasteiger partial charge in [0, 0.05) is 24.7 Å². The third-order valence-electron chi connectivity index (χ3n) is 3.29. The van der Waals surface area contributed by atoms with Crippen molar-refractivity contribution in [2.75, 3.05) is 18.4 Å². The second-order valence-electron chi connectivity index (χ2n) is 4.60. The summed E-state index contributed by atoms with van der Waals surface area (Å²) >= 11 is 0. The molecule has 0 aromatic heterocycles. The Morgan fingerprint density at radius 3 is 3.06 bits per heavy atom. The third kappa shape index (κ3) is 2.26. The zero-order valence-electron chi connectivity index (χ0n) is 9.66. The minimum absolute atomic E-state index is 0.0946. The van der Waals surface area contributed by atoms with Crippen molar-refractivity contribution in [3.8, 4) is 5.75 Å². The average molecular weight is 232 g/mol. The molecule has 0 spiro atoms. The molecule has 1 saturated heterocycles. The van der Waals surface area contributed by atoms with Crippen LogP contribution in [-0.2, 0) is 11.2 Å². The second kappa shape index (κ2) is 4.37. The van der Waals surface area contributed by atoms with Gasteiger partial charge in [-0.2, -0.15) is 0 Å². The quantitative estimate of drug-likeness (QED) is 0.808. The highest BCUT2D eigenvalue weighted by molar-refractivity contribution is 5.94. The predicted molar refractivity (Wildman–Crippen MR) is 65.3 cm³/mol. The third-order valence-corrected chi connectivity index (χ3v) is 3.29. The topological polar surface area (TPSA) is 50.4 Å². The van der Waals surface area contributed by atoms with E-state index in [1.807, 2.05) is 18.2 Å². The summed E-state index contributed by atoms with van der Waals surface area (Å²) in [7, 11) is 0. The van der Waals surface area contributed by atoms with Crippen molar-refractivity contribution in [1.29, 1.82) is 0 Å². The van der Waals surface area contributed by atoms with Crippen LogP contribution in [0.3, 0.4) is 0 Å². The Labute approximate surface area is 100 Å². The van der Waals surface area contributed by atoms with Gasteiger partial charge in [0.2, 0.25) is 5.91 Å². The number of carbonyl (C=O) groups excluding carboxylic acids is 1. The number of hydrogen-bond acceptors (Lipinski definition) is 3. The summed E-state index contributed by atoms with van der Waals surface area (Å²) in [6.07, 6.45) is 2.71. The number of aryl methyl sites for hydroxylation is 1. The molecule has 1 unspecified atom stereocenters. The van der Waals surface area contributed by atoms with Crippen LogP contribution in [0.4, 0.5) is 5.69 Å². The molecule has 17 heavy (non-hydrogen) atoms. The van der Waals surface area contributed by atoms with Gasteiger partial charge in [-0.1, -0.05) is 6.07 Å². The molecule has 1 atom stereocenters. The van der Waals surface area contributed by atoms with E-state index in [4.69, 9.17) is 4.74 Å². The Balaban J connectivity index is 1.77. The Hall–Kier alpha value is -1.55. The molecule has 0 radical (unpaired) electrons. The van der Waals surface area contributed by atoms with Gasteiger partial charge in [0.25, 0.3) is 0 Å². The minimum Gasteiger partial charge on any atom is -0.489 e. The summed E-state index contributed by atoms with van der Waals surface area (Å²) in [5, 5.41) is 6.16. The lowest BCUT2D eigenvalue weighted by atomic mass is 10.0. The summed E-state index contributed by atoms with van der Waals surface area (Å²) in [4.78, 5) is 11.3. The summed E-state index contributed by atoms with van der Waals surface area (Å²) in [5.41, 5.74) is 2.10. The van der Waals surface area contributed by atoms with Crippen molar-refractivity contribution in [2.45, 2.75) is 25.4 Å². The van der Waals surface area contributed by atoms with Gasteiger partial charge in [-0.15, -0.1) is 0 Å². The van der Waals surface area contributed by atoms with E-state index in [1.165, 1.54) is 5.56 Å². The number of amides is 1. The molecule has 0 saturated carbocycles. The molecule has 2 N–H and O–H groups in total. The second-order valence-corrected chi connectivity index (χ2v) is 4.60. The van der Waals surface area contributed by atoms with Crippen molar-refractivity contribution >= 4 is 11.6 Å². The van der Waals surface area contributed by atoms with Gasteiger partial charge in [0.05, 0.1) is 0 Å². The first-order valence-electron chi connectivity index (χ1n) is 6.11. The first-order valence-corrected chi connectivity index (χ1v) is 6.11. The minimum atomic E-state index is 0.0946. The molecule has 4 nitrogen and oxygen atoms in total. The number of fused-ring (bicyclic) bond motifs is 1. The van der Waals surface area contributed by atoms with Gasteiger partial charge in [-0.3, -0.25) is 4.79 Å². The van der Waals surface area contributed by atoms with Gasteiger partial charge in [-0.25, -0.2) is 0 Å². The van der Waals surface area contributed by atoms with E-state index in [2.05, 4.69) is 10.6 Å². The monoisotopic (exact) mass is 232 g/mol. The number of hydrogen-bond donors (Lipinski definition) is 2. The van der Waals surface area contributed by atoms with Crippen molar-refractivity contribution in [3.63, 3.8) is 0 Å². The highest BCUT2D eigenvalue weighted by atomic mass is 16.5. The van der Waals surface area contributed by atoms with E-state index in [0.29, 0.717) is 6.42 Å². The lowest BCUT2D eigenvalue weighted by Crippen LogP contribution is -2.21. The number of rotatable bonds is 2. The largest absolute Gasteiger partial charge is 0.489 e. The molecule has 1 fully saturated rings. The molecule has 3 rings (SSSR count). The van der Waals surface area contributed by atoms with Crippen LogP contribution in [0.5, 0.6) is 5.75 Å². The Kier molecular flexibility index (Phi) is 2.73. The molecule has 1 aromatic carbocycles. The number of anilines is 1. The van der Waals surface area contributed by atoms with Crippen LogP contribution < -0.4 is 15.4 Å². The highest BCUT2D eigenvalue weighted by Crippen LogP contribution is 2.28. The molecule has 1 aromatic rings. The molecule has 90 valence electrons. The molecule has 4 heteroatoms. The lowest BCUT2D eigenvalue weighted by molar-refractivity contribution is -0.116. The number of carbonyl (C=O) groups is 1. The summed E-state index contributed by atoms with van der Waals surface area (Å²) in [6.45, 7) is 1.93. The van der Waals surface area contributed by atoms with Crippen molar-refractivity contribution in [1.82, 2.24) is 5.32 Å². The molecule has 2 aliphatic heterocycles. The molecular weight excluding hydrogens is 216 g/mol. The lowest BCUT2D eigenvalue weighted by Gasteiger charge is -2.19. The molecule has 0 aliphatic carbocycles. The maximum atomic E-state index is 11.3. The average Bonchev–Trinajstić information content (AvgIpc) is 2.81. The van der Waals surface area contributed by atoms with E-state index in [9.17, 15) is 4.79 Å². The Morgan fingerprint density at radius 1 is 1.29 bits per heavy atom. The number of ether oxygens (including phenoxy) is 1. The SMILES string of the molecule is O=C1CCc2ccc(OC3CCNC3)cc2N1. The maximum absolute atomic E-state index is 11.3. The van der Waals surface area contributed by atoms with Crippen LogP contribution in [0, 0.1) is 0 Å². The molecule has 1 amide bonds. The zero-order chi connectivity index (χ0) is 11.7. The molecule has 2 aliphatic rings. The normalized spacial score (nSPS) is 23.1. The van der Waals surface area contributed by atoms with Crippen LogP contribution in [-0.4, -0.2) is 25.1 Å². The van der Waals surface area contributed by atoms with E-state index < -0.39 is 0 Å². The van der Waals surface area contributed by atoms with Crippen LogP contribution in [0.2, 0.25) is 0 Å². The Bertz CT molecular complexity index is 439. The summed E-state index contributed by atoms with van der Waals surface area (Å²) in [5.74, 6) is 0.942. The standard InChI is InChI=1S/C13H16N2O2/c16-13-4-2-9-1-3-10(7-12(9)15-13)17-11-5-6-14-8-11/h1,3,7,11,14H,2,4-6,8H2,(H,15,16). The smallest absolute Gasteiger partial charge is 0.224 e. The molecule has 0 bridgehead atoms. The van der Waals surface area contributed by atoms with E-state index in [0.717, 1.165) is 37.4 Å². The number of benzene rings is 1. The highest BCUT2D eigenvalue weighted by Gasteiger charge is 2.18. The van der Waals surface area contributed by atoms with E-state index >= 15 is 0 Å². The van der Waals surface area contributed by atoms with Gasteiger partial charge in [-0.05, 0) is 31.0 Å². The van der Waals surface area contributed by atoms with Gasteiger partial charge >= 0.3 is 0 Å². The van der Waals surface area contributed by atoms with Crippen LogP contribution in [0.15, 0.2) is 18.2 Å². The van der Waals surface area contributed by atoms with Crippen LogP contribution >= 0.6 is 0 Å². The zero-order valence-corrected chi connectivity index (χ0v) is 9.66. The molecule has 2 heterocycles. The fourth-order valence-corrected chi connectivity index (χ4v) is 2.35. The first kappa shape index (κ1) is 10.6. The van der Waals surface area contributed by atoms with Crippen molar-refractivity contribution in [2.24, 2.45) is 0 Å². The predicted octanol–water partition coefficient (Wildman–Crippen LogP) is 1.31. The fraction of sp³-hybridized carbons (Fsp3) is 0.462. The van der Waals surface area contributed by atoms with Crippen molar-refractivity contribution < 1.29 is 9.53 Å². The van der Waals surface area contributed by atoms with E-state index in [-0.39, 0.29) is 12.0 Å². The van der Waals surface area contributed by atoms with E-state index in [1.54, 1.807) is 0 Å². The molecular formula is C13H16N2O2. The van der Waals surface area contributed by atoms with Gasteiger partial charge in [0.15, 0.2) is 0 Å². The number of nitrogens with one attached hydrogen (secondary N) is 2. The summed E-state index contributed by atoms with van der Waals surface area (Å²) < 4.78 is 5.86. The van der Waals surface area contributed by atoms with Crippen molar-refractivity contribution in [3.05, 3.63) is 23.8 Å². The van der Waals surface area contributed by atoms with Gasteiger partial charge in [0.1, 0.15) is 11.9 Å². The fourth-order valence-electron chi connectivity index (χ4n) is 2.35. The maximum Gasteiger partial charge on any atom is 0.224 e. The summed E-state index contributed by atoms with van der Waals surface area (Å²) in [6, 6.07) is 5.98. The van der Waals surface area contributed by atoms with Crippen LogP contribution in [0.1, 0.15) is 18.4 Å². The van der Waals surface area contributed by atoms with Gasteiger partial charge < -0.3 is 15.4 Å². The first-order chi connectivity index (χ1) is 8.31. The van der Waals surface area contributed by atoms with Crippen LogP contribution in [0.25, 0.3) is 0 Å².